The second-order valence-electron chi connectivity index (χ2n) is 9.51. The van der Waals surface area contributed by atoms with Gasteiger partial charge in [-0.05, 0) is 35.2 Å². The minimum atomic E-state index is -3.67. The van der Waals surface area contributed by atoms with E-state index in [1.807, 2.05) is 12.1 Å². The van der Waals surface area contributed by atoms with Crippen LogP contribution in [0.2, 0.25) is 0 Å². The molecule has 1 heterocycles. The van der Waals surface area contributed by atoms with Crippen LogP contribution in [0.4, 0.5) is 23.7 Å². The molecule has 9 heteroatoms. The molecule has 0 aromatic heterocycles. The van der Waals surface area contributed by atoms with E-state index in [0.29, 0.717) is 25.7 Å². The number of benzene rings is 2. The number of nitrogens with one attached hydrogen (secondary N) is 1. The van der Waals surface area contributed by atoms with Crippen LogP contribution < -0.4 is 5.32 Å². The van der Waals surface area contributed by atoms with Gasteiger partial charge in [-0.1, -0.05) is 50.2 Å². The summed E-state index contributed by atoms with van der Waals surface area (Å²) in [5.74, 6) is 0.0132. The number of amides is 2. The first kappa shape index (κ1) is 26.4. The quantitative estimate of drug-likeness (QED) is 0.620. The lowest BCUT2D eigenvalue weighted by Crippen LogP contribution is -2.55. The molecule has 1 fully saturated rings. The molecular formula is C26H34F3N3O3. The van der Waals surface area contributed by atoms with Crippen molar-refractivity contribution < 1.29 is 28.9 Å². The fraction of sp³-hybridized carbons (Fsp3) is 0.462. The molecule has 1 aliphatic heterocycles. The monoisotopic (exact) mass is 493 g/mol. The molecule has 2 amide bonds. The maximum Gasteiger partial charge on any atom is 0.410 e. The molecule has 0 saturated carbocycles. The number of rotatable bonds is 5. The van der Waals surface area contributed by atoms with Crippen LogP contribution in [-0.2, 0) is 27.9 Å². The molecule has 2 aliphatic rings. The average molecular weight is 494 g/mol. The first-order chi connectivity index (χ1) is 16.5. The number of alkyl halides is 3. The van der Waals surface area contributed by atoms with Gasteiger partial charge in [0.2, 0.25) is 5.91 Å². The molecule has 192 valence electrons. The number of hydrogen-bond donors (Lipinski definition) is 1. The maximum absolute atomic E-state index is 12.3. The number of carbonyl (C=O) groups is 2. The number of hydrogen-bond acceptors (Lipinski definition) is 4. The van der Waals surface area contributed by atoms with Crippen LogP contribution in [0.3, 0.4) is 0 Å². The van der Waals surface area contributed by atoms with Crippen LogP contribution in [0, 0.1) is 0 Å². The van der Waals surface area contributed by atoms with Crippen molar-refractivity contribution in [3.63, 3.8) is 0 Å². The Kier molecular flexibility index (Phi) is 8.30. The Morgan fingerprint density at radius 1 is 1.14 bits per heavy atom. The maximum atomic E-state index is 12.3. The van der Waals surface area contributed by atoms with Gasteiger partial charge in [0.05, 0.1) is 13.1 Å². The van der Waals surface area contributed by atoms with Gasteiger partial charge in [0.15, 0.2) is 0 Å². The Morgan fingerprint density at radius 2 is 1.74 bits per heavy atom. The fourth-order valence-corrected chi connectivity index (χ4v) is 4.47. The van der Waals surface area contributed by atoms with Crippen LogP contribution in [0.25, 0.3) is 0 Å². The summed E-state index contributed by atoms with van der Waals surface area (Å²) in [4.78, 5) is 26.7. The number of carbonyl (C=O) groups excluding carboxylic acids is 2. The van der Waals surface area contributed by atoms with Crippen molar-refractivity contribution in [3.8, 4) is 0 Å². The summed E-state index contributed by atoms with van der Waals surface area (Å²) in [5, 5.41) is 3.70. The van der Waals surface area contributed by atoms with Gasteiger partial charge in [-0.2, -0.15) is 13.2 Å². The molecule has 0 bridgehead atoms. The molecule has 4 rings (SSSR count). The first-order valence-electron chi connectivity index (χ1n) is 11.5. The standard InChI is InChI=1S/C25H31N3O3.CHF3.H2/c1-17(29)28-15-21(16-28)31-24(30)27(4)14-18-9-11-20(12-10-18)26-23-13-19-7-5-6-8-22(19)25(23,2)3;2-1(3)4;/h5-12,21,23,26H,13-16H2,1-4H3;1H;1H. The molecule has 1 saturated heterocycles. The minimum absolute atomic E-state index is 0. The molecule has 35 heavy (non-hydrogen) atoms. The molecule has 0 spiro atoms. The third kappa shape index (κ3) is 6.68. The average Bonchev–Trinajstić information content (AvgIpc) is 3.01. The molecule has 1 N–H and O–H groups in total. The van der Waals surface area contributed by atoms with E-state index < -0.39 is 6.68 Å². The van der Waals surface area contributed by atoms with E-state index in [1.54, 1.807) is 16.8 Å². The first-order valence-corrected chi connectivity index (χ1v) is 11.5. The number of ether oxygens (including phenoxy) is 1. The van der Waals surface area contributed by atoms with Crippen molar-refractivity contribution in [3.05, 3.63) is 65.2 Å². The van der Waals surface area contributed by atoms with Crippen LogP contribution in [0.15, 0.2) is 48.5 Å². The van der Waals surface area contributed by atoms with E-state index in [-0.39, 0.29) is 24.9 Å². The summed E-state index contributed by atoms with van der Waals surface area (Å²) < 4.78 is 34.4. The molecule has 6 nitrogen and oxygen atoms in total. The van der Waals surface area contributed by atoms with E-state index in [9.17, 15) is 22.8 Å². The Bertz CT molecular complexity index is 1030. The van der Waals surface area contributed by atoms with Crippen molar-refractivity contribution in [1.82, 2.24) is 9.80 Å². The Labute approximate surface area is 205 Å². The predicted molar refractivity (Wildman–Crippen MR) is 130 cm³/mol. The molecule has 2 aromatic carbocycles. The smallest absolute Gasteiger partial charge is 0.410 e. The lowest BCUT2D eigenvalue weighted by Gasteiger charge is -2.38. The summed E-state index contributed by atoms with van der Waals surface area (Å²) >= 11 is 0. The number of halogens is 3. The van der Waals surface area contributed by atoms with Crippen LogP contribution in [0.5, 0.6) is 0 Å². The number of fused-ring (bicyclic) bond motifs is 1. The van der Waals surface area contributed by atoms with E-state index in [1.165, 1.54) is 18.1 Å². The molecule has 0 radical (unpaired) electrons. The topological polar surface area (TPSA) is 61.9 Å². The third-order valence-electron chi connectivity index (χ3n) is 6.59. The second kappa shape index (κ2) is 11.0. The van der Waals surface area contributed by atoms with Gasteiger partial charge in [-0.15, -0.1) is 0 Å². The SMILES string of the molecule is CC(=O)N1CC(OC(=O)N(C)Cc2ccc(NC3Cc4ccccc4C3(C)C)cc2)C1.FC(F)F.[HH]. The minimum Gasteiger partial charge on any atom is -0.442 e. The summed E-state index contributed by atoms with van der Waals surface area (Å²) in [5.41, 5.74) is 5.03. The number of nitrogens with zero attached hydrogens (tertiary/aromatic N) is 2. The van der Waals surface area contributed by atoms with Gasteiger partial charge in [0, 0.05) is 39.1 Å². The predicted octanol–water partition coefficient (Wildman–Crippen LogP) is 5.22. The molecule has 1 unspecified atom stereocenters. The van der Waals surface area contributed by atoms with Gasteiger partial charge < -0.3 is 19.9 Å². The van der Waals surface area contributed by atoms with E-state index >= 15 is 0 Å². The molecule has 1 atom stereocenters. The van der Waals surface area contributed by atoms with Crippen molar-refractivity contribution in [2.24, 2.45) is 0 Å². The largest absolute Gasteiger partial charge is 0.442 e. The normalized spacial score (nSPS) is 18.2. The molecule has 2 aromatic rings. The highest BCUT2D eigenvalue weighted by Gasteiger charge is 2.39. The summed E-state index contributed by atoms with van der Waals surface area (Å²) in [7, 11) is 1.73. The lowest BCUT2D eigenvalue weighted by atomic mass is 9.83. The van der Waals surface area contributed by atoms with Gasteiger partial charge in [-0.25, -0.2) is 4.79 Å². The number of likely N-dealkylation sites (tertiary alicyclic amines) is 1. The highest BCUT2D eigenvalue weighted by Crippen LogP contribution is 2.39. The van der Waals surface area contributed by atoms with Gasteiger partial charge >= 0.3 is 12.8 Å². The van der Waals surface area contributed by atoms with Crippen LogP contribution >= 0.6 is 0 Å². The van der Waals surface area contributed by atoms with Gasteiger partial charge in [0.1, 0.15) is 6.10 Å². The number of anilines is 1. The molecule has 1 aliphatic carbocycles. The summed E-state index contributed by atoms with van der Waals surface area (Å²) in [6.07, 6.45) is 0.451. The zero-order chi connectivity index (χ0) is 25.8. The summed E-state index contributed by atoms with van der Waals surface area (Å²) in [6.45, 7) is 3.89. The zero-order valence-corrected chi connectivity index (χ0v) is 20.4. The Hall–Kier alpha value is -3.23. The van der Waals surface area contributed by atoms with Gasteiger partial charge in [-0.3, -0.25) is 4.79 Å². The van der Waals surface area contributed by atoms with Crippen molar-refractivity contribution >= 4 is 17.7 Å². The fourth-order valence-electron chi connectivity index (χ4n) is 4.47. The Morgan fingerprint density at radius 3 is 2.31 bits per heavy atom. The third-order valence-corrected chi connectivity index (χ3v) is 6.59. The van der Waals surface area contributed by atoms with Crippen molar-refractivity contribution in [2.75, 3.05) is 25.5 Å². The van der Waals surface area contributed by atoms with Crippen molar-refractivity contribution in [2.45, 2.75) is 58.0 Å². The van der Waals surface area contributed by atoms with Crippen LogP contribution in [-0.4, -0.2) is 60.8 Å². The Balaban J connectivity index is 0.000000850. The van der Waals surface area contributed by atoms with E-state index in [4.69, 9.17) is 4.74 Å². The van der Waals surface area contributed by atoms with E-state index in [2.05, 4.69) is 55.6 Å². The lowest BCUT2D eigenvalue weighted by molar-refractivity contribution is -0.139. The summed E-state index contributed by atoms with van der Waals surface area (Å²) in [6, 6.07) is 17.2. The zero-order valence-electron chi connectivity index (χ0n) is 20.4. The van der Waals surface area contributed by atoms with E-state index in [0.717, 1.165) is 17.7 Å². The van der Waals surface area contributed by atoms with Crippen LogP contribution in [0.1, 0.15) is 38.9 Å². The van der Waals surface area contributed by atoms with Crippen molar-refractivity contribution in [1.29, 1.82) is 0 Å². The highest BCUT2D eigenvalue weighted by molar-refractivity contribution is 5.74. The second-order valence-corrected chi connectivity index (χ2v) is 9.51. The molecular weight excluding hydrogens is 459 g/mol. The van der Waals surface area contributed by atoms with Gasteiger partial charge in [0.25, 0.3) is 0 Å². The highest BCUT2D eigenvalue weighted by atomic mass is 19.4.